The molecule has 5 nitrogen and oxygen atoms in total. The summed E-state index contributed by atoms with van der Waals surface area (Å²) >= 11 is 12.1. The van der Waals surface area contributed by atoms with Crippen molar-refractivity contribution in [3.63, 3.8) is 0 Å². The van der Waals surface area contributed by atoms with Gasteiger partial charge in [-0.05, 0) is 44.5 Å². The number of aliphatic hydroxyl groups is 1. The number of aromatic nitrogens is 2. The molecule has 1 heterocycles. The van der Waals surface area contributed by atoms with E-state index in [1.807, 2.05) is 26.0 Å². The van der Waals surface area contributed by atoms with Gasteiger partial charge in [-0.25, -0.2) is 4.79 Å². The SMILES string of the molecule is CCOC(=O)c1c(Cc2cc(Cl)cc(Cl)c2)c(C)nn1CC.CO. The quantitative estimate of drug-likeness (QED) is 0.808. The highest BCUT2D eigenvalue weighted by Gasteiger charge is 2.22. The molecule has 0 saturated heterocycles. The number of hydrogen-bond acceptors (Lipinski definition) is 4. The van der Waals surface area contributed by atoms with Crippen molar-refractivity contribution in [2.45, 2.75) is 33.7 Å². The largest absolute Gasteiger partial charge is 0.461 e. The van der Waals surface area contributed by atoms with Crippen LogP contribution in [0.3, 0.4) is 0 Å². The maximum Gasteiger partial charge on any atom is 0.356 e. The first kappa shape index (κ1) is 20.5. The Morgan fingerprint density at radius 1 is 1.21 bits per heavy atom. The van der Waals surface area contributed by atoms with Crippen LogP contribution < -0.4 is 0 Å². The smallest absolute Gasteiger partial charge is 0.356 e. The monoisotopic (exact) mass is 372 g/mol. The van der Waals surface area contributed by atoms with E-state index in [0.29, 0.717) is 35.3 Å². The Hall–Kier alpha value is -1.56. The molecule has 132 valence electrons. The molecule has 0 atom stereocenters. The third-order valence-electron chi connectivity index (χ3n) is 3.32. The van der Waals surface area contributed by atoms with Crippen molar-refractivity contribution in [1.29, 1.82) is 0 Å². The second kappa shape index (κ2) is 9.67. The maximum absolute atomic E-state index is 12.2. The summed E-state index contributed by atoms with van der Waals surface area (Å²) in [6.07, 6.45) is 0.528. The average molecular weight is 373 g/mol. The molecule has 0 bridgehead atoms. The molecule has 2 rings (SSSR count). The molecular formula is C17H22Cl2N2O3. The van der Waals surface area contributed by atoms with E-state index in [0.717, 1.165) is 23.9 Å². The average Bonchev–Trinajstić information content (AvgIpc) is 2.85. The van der Waals surface area contributed by atoms with Crippen LogP contribution in [-0.4, -0.2) is 34.6 Å². The van der Waals surface area contributed by atoms with Crippen LogP contribution in [0.5, 0.6) is 0 Å². The van der Waals surface area contributed by atoms with Crippen molar-refractivity contribution in [1.82, 2.24) is 9.78 Å². The third-order valence-corrected chi connectivity index (χ3v) is 3.76. The second-order valence-corrected chi connectivity index (χ2v) is 5.78. The summed E-state index contributed by atoms with van der Waals surface area (Å²) in [5.74, 6) is -0.354. The Kier molecular flexibility index (Phi) is 8.25. The van der Waals surface area contributed by atoms with Crippen molar-refractivity contribution in [2.75, 3.05) is 13.7 Å². The van der Waals surface area contributed by atoms with Gasteiger partial charge in [0.05, 0.1) is 12.3 Å². The van der Waals surface area contributed by atoms with Gasteiger partial charge in [-0.1, -0.05) is 23.2 Å². The fourth-order valence-electron chi connectivity index (χ4n) is 2.40. The van der Waals surface area contributed by atoms with E-state index in [1.54, 1.807) is 17.7 Å². The van der Waals surface area contributed by atoms with Crippen LogP contribution in [0.25, 0.3) is 0 Å². The van der Waals surface area contributed by atoms with Gasteiger partial charge in [0, 0.05) is 35.7 Å². The lowest BCUT2D eigenvalue weighted by atomic mass is 10.0. The number of esters is 1. The van der Waals surface area contributed by atoms with Gasteiger partial charge >= 0.3 is 5.97 Å². The van der Waals surface area contributed by atoms with E-state index in [9.17, 15) is 4.79 Å². The van der Waals surface area contributed by atoms with Crippen LogP contribution in [0.2, 0.25) is 10.0 Å². The number of rotatable bonds is 5. The van der Waals surface area contributed by atoms with Crippen LogP contribution in [-0.2, 0) is 17.7 Å². The molecule has 0 aliphatic heterocycles. The van der Waals surface area contributed by atoms with Gasteiger partial charge in [0.2, 0.25) is 0 Å². The number of hydrogen-bond donors (Lipinski definition) is 1. The molecule has 0 saturated carbocycles. The predicted octanol–water partition coefficient (Wildman–Crippen LogP) is 3.89. The third kappa shape index (κ3) is 4.97. The summed E-state index contributed by atoms with van der Waals surface area (Å²) in [5, 5.41) is 12.6. The Labute approximate surface area is 152 Å². The first-order valence-corrected chi connectivity index (χ1v) is 8.34. The van der Waals surface area contributed by atoms with Gasteiger partial charge in [0.25, 0.3) is 0 Å². The minimum absolute atomic E-state index is 0.329. The van der Waals surface area contributed by atoms with Gasteiger partial charge in [0.1, 0.15) is 5.69 Å². The summed E-state index contributed by atoms with van der Waals surface area (Å²) < 4.78 is 6.83. The molecule has 1 N–H and O–H groups in total. The Morgan fingerprint density at radius 2 is 1.79 bits per heavy atom. The number of benzene rings is 1. The zero-order valence-corrected chi connectivity index (χ0v) is 15.8. The van der Waals surface area contributed by atoms with E-state index in [-0.39, 0.29) is 5.97 Å². The van der Waals surface area contributed by atoms with E-state index < -0.39 is 0 Å². The Bertz CT molecular complexity index is 679. The lowest BCUT2D eigenvalue weighted by Gasteiger charge is -2.08. The molecule has 0 fully saturated rings. The Balaban J connectivity index is 0.00000139. The second-order valence-electron chi connectivity index (χ2n) is 4.90. The molecule has 0 amide bonds. The molecule has 2 aromatic rings. The lowest BCUT2D eigenvalue weighted by Crippen LogP contribution is -2.14. The van der Waals surface area contributed by atoms with E-state index in [1.165, 1.54) is 0 Å². The first-order chi connectivity index (χ1) is 11.5. The van der Waals surface area contributed by atoms with Crippen LogP contribution in [0.4, 0.5) is 0 Å². The number of ether oxygens (including phenoxy) is 1. The van der Waals surface area contributed by atoms with Gasteiger partial charge in [-0.2, -0.15) is 5.10 Å². The van der Waals surface area contributed by atoms with Crippen molar-refractivity contribution in [2.24, 2.45) is 0 Å². The summed E-state index contributed by atoms with van der Waals surface area (Å²) in [5.41, 5.74) is 3.08. The highest BCUT2D eigenvalue weighted by Crippen LogP contribution is 2.24. The molecule has 0 aliphatic carbocycles. The number of halogens is 2. The van der Waals surface area contributed by atoms with E-state index >= 15 is 0 Å². The number of carbonyl (C=O) groups excluding carboxylic acids is 1. The van der Waals surface area contributed by atoms with Crippen LogP contribution in [0.1, 0.15) is 41.2 Å². The first-order valence-electron chi connectivity index (χ1n) is 7.59. The summed E-state index contributed by atoms with van der Waals surface area (Å²) in [6, 6.07) is 5.36. The molecule has 24 heavy (non-hydrogen) atoms. The molecule has 0 unspecified atom stereocenters. The summed E-state index contributed by atoms with van der Waals surface area (Å²) in [7, 11) is 1.00. The number of aliphatic hydroxyl groups excluding tert-OH is 1. The van der Waals surface area contributed by atoms with Crippen LogP contribution in [0, 0.1) is 6.92 Å². The van der Waals surface area contributed by atoms with E-state index in [4.69, 9.17) is 33.0 Å². The Morgan fingerprint density at radius 3 is 2.29 bits per heavy atom. The predicted molar refractivity (Wildman–Crippen MR) is 96.0 cm³/mol. The van der Waals surface area contributed by atoms with Gasteiger partial charge in [-0.3, -0.25) is 4.68 Å². The normalized spacial score (nSPS) is 10.1. The number of carbonyl (C=O) groups is 1. The molecular weight excluding hydrogens is 351 g/mol. The summed E-state index contributed by atoms with van der Waals surface area (Å²) in [4.78, 5) is 12.2. The topological polar surface area (TPSA) is 64.3 Å². The molecule has 1 aromatic carbocycles. The minimum atomic E-state index is -0.354. The zero-order valence-electron chi connectivity index (χ0n) is 14.3. The molecule has 1 aromatic heterocycles. The summed E-state index contributed by atoms with van der Waals surface area (Å²) in [6.45, 7) is 6.54. The fraction of sp³-hybridized carbons (Fsp3) is 0.412. The maximum atomic E-state index is 12.2. The van der Waals surface area contributed by atoms with Crippen LogP contribution in [0.15, 0.2) is 18.2 Å². The standard InChI is InChI=1S/C16H18Cl2N2O2.CH4O/c1-4-20-15(16(21)22-5-2)14(10(3)19-20)8-11-6-12(17)9-13(18)7-11;1-2/h6-7,9H,4-5,8H2,1-3H3;2H,1H3. The van der Waals surface area contributed by atoms with E-state index in [2.05, 4.69) is 5.10 Å². The van der Waals surface area contributed by atoms with Gasteiger partial charge in [0.15, 0.2) is 0 Å². The van der Waals surface area contributed by atoms with Crippen molar-refractivity contribution < 1.29 is 14.6 Å². The van der Waals surface area contributed by atoms with Crippen molar-refractivity contribution >= 4 is 29.2 Å². The molecule has 0 spiro atoms. The zero-order chi connectivity index (χ0) is 18.3. The highest BCUT2D eigenvalue weighted by molar-refractivity contribution is 6.34. The minimum Gasteiger partial charge on any atom is -0.461 e. The molecule has 7 heteroatoms. The number of nitrogens with zero attached hydrogens (tertiary/aromatic N) is 2. The van der Waals surface area contributed by atoms with Crippen LogP contribution >= 0.6 is 23.2 Å². The molecule has 0 radical (unpaired) electrons. The van der Waals surface area contributed by atoms with Gasteiger partial charge in [-0.15, -0.1) is 0 Å². The van der Waals surface area contributed by atoms with Crippen molar-refractivity contribution in [3.8, 4) is 0 Å². The van der Waals surface area contributed by atoms with Gasteiger partial charge < -0.3 is 9.84 Å². The lowest BCUT2D eigenvalue weighted by molar-refractivity contribution is 0.0511. The molecule has 0 aliphatic rings. The number of aryl methyl sites for hydroxylation is 2. The highest BCUT2D eigenvalue weighted by atomic mass is 35.5. The fourth-order valence-corrected chi connectivity index (χ4v) is 2.98. The van der Waals surface area contributed by atoms with Crippen molar-refractivity contribution in [3.05, 3.63) is 50.8 Å².